The van der Waals surface area contributed by atoms with Gasteiger partial charge in [-0.3, -0.25) is 0 Å². The van der Waals surface area contributed by atoms with E-state index in [1.165, 1.54) is 16.8 Å². The SMILES string of the molecule is COCCNCc1cc(C)ccc1N(C)CC1CC(O)C1. The highest BCUT2D eigenvalue weighted by Gasteiger charge is 2.28. The van der Waals surface area contributed by atoms with Crippen molar-refractivity contribution in [2.45, 2.75) is 32.4 Å². The Morgan fingerprint density at radius 1 is 1.38 bits per heavy atom. The Hall–Kier alpha value is -1.10. The third kappa shape index (κ3) is 4.70. The summed E-state index contributed by atoms with van der Waals surface area (Å²) in [5.74, 6) is 0.626. The van der Waals surface area contributed by atoms with E-state index >= 15 is 0 Å². The molecule has 2 rings (SSSR count). The minimum absolute atomic E-state index is 0.0726. The second-order valence-corrected chi connectivity index (χ2v) is 6.17. The summed E-state index contributed by atoms with van der Waals surface area (Å²) < 4.78 is 5.07. The van der Waals surface area contributed by atoms with E-state index < -0.39 is 0 Å². The molecule has 0 saturated heterocycles. The molecule has 0 aromatic heterocycles. The quantitative estimate of drug-likeness (QED) is 0.719. The molecule has 0 heterocycles. The van der Waals surface area contributed by atoms with E-state index in [0.717, 1.165) is 39.1 Å². The molecule has 1 aliphatic rings. The lowest BCUT2D eigenvalue weighted by Gasteiger charge is -2.36. The molecule has 1 aromatic rings. The van der Waals surface area contributed by atoms with Crippen molar-refractivity contribution >= 4 is 5.69 Å². The molecule has 1 aromatic carbocycles. The number of methoxy groups -OCH3 is 1. The summed E-state index contributed by atoms with van der Waals surface area (Å²) in [6.07, 6.45) is 1.81. The summed E-state index contributed by atoms with van der Waals surface area (Å²) in [6, 6.07) is 6.62. The fourth-order valence-corrected chi connectivity index (χ4v) is 2.96. The summed E-state index contributed by atoms with van der Waals surface area (Å²) in [7, 11) is 3.87. The molecule has 118 valence electrons. The van der Waals surface area contributed by atoms with E-state index in [1.54, 1.807) is 7.11 Å². The first-order chi connectivity index (χ1) is 10.1. The van der Waals surface area contributed by atoms with Gasteiger partial charge in [0, 0.05) is 39.5 Å². The molecule has 1 saturated carbocycles. The zero-order valence-corrected chi connectivity index (χ0v) is 13.4. The lowest BCUT2D eigenvalue weighted by Crippen LogP contribution is -2.37. The Morgan fingerprint density at radius 2 is 2.14 bits per heavy atom. The van der Waals surface area contributed by atoms with Crippen molar-refractivity contribution in [1.29, 1.82) is 0 Å². The lowest BCUT2D eigenvalue weighted by molar-refractivity contribution is 0.0464. The summed E-state index contributed by atoms with van der Waals surface area (Å²) in [5.41, 5.74) is 3.90. The van der Waals surface area contributed by atoms with E-state index in [9.17, 15) is 5.11 Å². The van der Waals surface area contributed by atoms with Crippen LogP contribution in [0.15, 0.2) is 18.2 Å². The van der Waals surface area contributed by atoms with Crippen LogP contribution in [-0.2, 0) is 11.3 Å². The van der Waals surface area contributed by atoms with Gasteiger partial charge in [0.1, 0.15) is 0 Å². The molecule has 4 nitrogen and oxygen atoms in total. The zero-order chi connectivity index (χ0) is 15.2. The highest BCUT2D eigenvalue weighted by atomic mass is 16.5. The van der Waals surface area contributed by atoms with Crippen molar-refractivity contribution in [1.82, 2.24) is 5.32 Å². The summed E-state index contributed by atoms with van der Waals surface area (Å²) in [5, 5.41) is 12.8. The van der Waals surface area contributed by atoms with Gasteiger partial charge in [0.15, 0.2) is 0 Å². The lowest BCUT2D eigenvalue weighted by atomic mass is 9.82. The Morgan fingerprint density at radius 3 is 2.81 bits per heavy atom. The minimum atomic E-state index is -0.0726. The molecule has 1 aliphatic carbocycles. The number of anilines is 1. The molecule has 0 unspecified atom stereocenters. The third-order valence-electron chi connectivity index (χ3n) is 4.19. The summed E-state index contributed by atoms with van der Waals surface area (Å²) in [4.78, 5) is 2.32. The van der Waals surface area contributed by atoms with E-state index in [2.05, 4.69) is 42.4 Å². The summed E-state index contributed by atoms with van der Waals surface area (Å²) >= 11 is 0. The molecule has 2 N–H and O–H groups in total. The number of ether oxygens (including phenoxy) is 1. The van der Waals surface area contributed by atoms with Gasteiger partial charge in [-0.25, -0.2) is 0 Å². The standard InChI is InChI=1S/C17H28N2O2/c1-13-4-5-17(15(8-13)11-18-6-7-21-3)19(2)12-14-9-16(20)10-14/h4-5,8,14,16,18,20H,6-7,9-12H2,1-3H3. The Balaban J connectivity index is 1.96. The highest BCUT2D eigenvalue weighted by Crippen LogP contribution is 2.30. The highest BCUT2D eigenvalue weighted by molar-refractivity contribution is 5.54. The van der Waals surface area contributed by atoms with E-state index in [0.29, 0.717) is 5.92 Å². The fourth-order valence-electron chi connectivity index (χ4n) is 2.96. The van der Waals surface area contributed by atoms with Gasteiger partial charge >= 0.3 is 0 Å². The van der Waals surface area contributed by atoms with Crippen LogP contribution in [0.1, 0.15) is 24.0 Å². The molecule has 0 atom stereocenters. The largest absolute Gasteiger partial charge is 0.393 e. The topological polar surface area (TPSA) is 44.7 Å². The number of rotatable bonds is 8. The second kappa shape index (κ2) is 7.78. The van der Waals surface area contributed by atoms with Crippen molar-refractivity contribution < 1.29 is 9.84 Å². The number of aryl methyl sites for hydroxylation is 1. The fraction of sp³-hybridized carbons (Fsp3) is 0.647. The Bertz CT molecular complexity index is 444. The maximum absolute atomic E-state index is 9.42. The van der Waals surface area contributed by atoms with Gasteiger partial charge in [-0.2, -0.15) is 0 Å². The first-order valence-corrected chi connectivity index (χ1v) is 7.78. The second-order valence-electron chi connectivity index (χ2n) is 6.17. The van der Waals surface area contributed by atoms with Crippen LogP contribution in [0, 0.1) is 12.8 Å². The monoisotopic (exact) mass is 292 g/mol. The molecule has 1 fully saturated rings. The van der Waals surface area contributed by atoms with Crippen molar-refractivity contribution in [3.63, 3.8) is 0 Å². The predicted molar refractivity (Wildman–Crippen MR) is 86.8 cm³/mol. The summed E-state index contributed by atoms with van der Waals surface area (Å²) in [6.45, 7) is 5.60. The van der Waals surface area contributed by atoms with Crippen LogP contribution in [0.3, 0.4) is 0 Å². The van der Waals surface area contributed by atoms with Gasteiger partial charge in [-0.05, 0) is 37.3 Å². The van der Waals surface area contributed by atoms with Crippen LogP contribution >= 0.6 is 0 Å². The number of nitrogens with one attached hydrogen (secondary N) is 1. The van der Waals surface area contributed by atoms with Gasteiger partial charge < -0.3 is 20.1 Å². The maximum Gasteiger partial charge on any atom is 0.0587 e. The molecule has 0 bridgehead atoms. The molecule has 21 heavy (non-hydrogen) atoms. The molecule has 0 spiro atoms. The number of aliphatic hydroxyl groups excluding tert-OH is 1. The van der Waals surface area contributed by atoms with Crippen molar-refractivity contribution in [2.75, 3.05) is 38.8 Å². The number of aliphatic hydroxyl groups is 1. The van der Waals surface area contributed by atoms with Crippen LogP contribution in [0.5, 0.6) is 0 Å². The maximum atomic E-state index is 9.42. The number of hydrogen-bond acceptors (Lipinski definition) is 4. The molecular weight excluding hydrogens is 264 g/mol. The molecule has 4 heteroatoms. The van der Waals surface area contributed by atoms with Gasteiger partial charge in [-0.15, -0.1) is 0 Å². The normalized spacial score (nSPS) is 21.1. The average molecular weight is 292 g/mol. The van der Waals surface area contributed by atoms with Crippen LogP contribution < -0.4 is 10.2 Å². The number of benzene rings is 1. The predicted octanol–water partition coefficient (Wildman–Crippen LogP) is 1.94. The Labute approximate surface area is 128 Å². The zero-order valence-electron chi connectivity index (χ0n) is 13.4. The van der Waals surface area contributed by atoms with E-state index in [-0.39, 0.29) is 6.10 Å². The Kier molecular flexibility index (Phi) is 6.03. The van der Waals surface area contributed by atoms with Crippen LogP contribution in [0.2, 0.25) is 0 Å². The molecule has 0 radical (unpaired) electrons. The molecular formula is C17H28N2O2. The first kappa shape index (κ1) is 16.3. The minimum Gasteiger partial charge on any atom is -0.393 e. The molecule has 0 amide bonds. The number of hydrogen-bond donors (Lipinski definition) is 2. The number of nitrogens with zero attached hydrogens (tertiary/aromatic N) is 1. The third-order valence-corrected chi connectivity index (χ3v) is 4.19. The smallest absolute Gasteiger partial charge is 0.0587 e. The van der Waals surface area contributed by atoms with Gasteiger partial charge in [0.2, 0.25) is 0 Å². The van der Waals surface area contributed by atoms with Crippen LogP contribution in [0.25, 0.3) is 0 Å². The van der Waals surface area contributed by atoms with E-state index in [1.807, 2.05) is 0 Å². The first-order valence-electron chi connectivity index (χ1n) is 7.78. The van der Waals surface area contributed by atoms with Gasteiger partial charge in [0.05, 0.1) is 12.7 Å². The van der Waals surface area contributed by atoms with Gasteiger partial charge in [0.25, 0.3) is 0 Å². The van der Waals surface area contributed by atoms with Crippen molar-refractivity contribution in [2.24, 2.45) is 5.92 Å². The van der Waals surface area contributed by atoms with Crippen LogP contribution in [0.4, 0.5) is 5.69 Å². The average Bonchev–Trinajstić information content (AvgIpc) is 2.42. The van der Waals surface area contributed by atoms with Gasteiger partial charge in [-0.1, -0.05) is 17.7 Å². The molecule has 0 aliphatic heterocycles. The van der Waals surface area contributed by atoms with Crippen LogP contribution in [-0.4, -0.2) is 45.1 Å². The van der Waals surface area contributed by atoms with Crippen molar-refractivity contribution in [3.8, 4) is 0 Å². The van der Waals surface area contributed by atoms with Crippen molar-refractivity contribution in [3.05, 3.63) is 29.3 Å². The van der Waals surface area contributed by atoms with E-state index in [4.69, 9.17) is 4.74 Å².